The smallest absolute Gasteiger partial charge is 0.241 e. The number of rotatable bonds is 5. The van der Waals surface area contributed by atoms with Crippen molar-refractivity contribution in [1.29, 1.82) is 0 Å². The van der Waals surface area contributed by atoms with Gasteiger partial charge in [0.15, 0.2) is 0 Å². The van der Waals surface area contributed by atoms with Crippen molar-refractivity contribution in [3.8, 4) is 0 Å². The first-order chi connectivity index (χ1) is 8.93. The molecule has 2 amide bonds. The van der Waals surface area contributed by atoms with Crippen LogP contribution in [-0.2, 0) is 9.59 Å². The molecule has 0 radical (unpaired) electrons. The third-order valence-corrected chi connectivity index (χ3v) is 2.70. The predicted octanol–water partition coefficient (Wildman–Crippen LogP) is 1.96. The Labute approximate surface area is 113 Å². The second-order valence-electron chi connectivity index (χ2n) is 4.73. The molecule has 1 rings (SSSR count). The van der Waals surface area contributed by atoms with Crippen LogP contribution in [0.1, 0.15) is 27.2 Å². The summed E-state index contributed by atoms with van der Waals surface area (Å²) in [6.07, 6.45) is 0.579. The molecule has 1 aromatic rings. The van der Waals surface area contributed by atoms with Gasteiger partial charge in [0.2, 0.25) is 11.8 Å². The van der Waals surface area contributed by atoms with E-state index in [2.05, 4.69) is 10.6 Å². The molecule has 0 aromatic heterocycles. The molecule has 1 atom stereocenters. The number of nitrogens with two attached hydrogens (primary N) is 1. The number of nitrogens with one attached hydrogen (secondary N) is 2. The standard InChI is InChI=1S/C14H21N3O2/c1-4-12(15)14(19)17-11-7-5-6-10(8-11)16-13(18)9(2)3/h5-9,12H,4,15H2,1-3H3,(H,16,18)(H,17,19)/t12-/m1/s1. The van der Waals surface area contributed by atoms with Crippen molar-refractivity contribution >= 4 is 23.2 Å². The van der Waals surface area contributed by atoms with Crippen LogP contribution in [0.4, 0.5) is 11.4 Å². The quantitative estimate of drug-likeness (QED) is 0.759. The Morgan fingerprint density at radius 3 is 2.16 bits per heavy atom. The van der Waals surface area contributed by atoms with Crippen LogP contribution < -0.4 is 16.4 Å². The van der Waals surface area contributed by atoms with Crippen LogP contribution in [0, 0.1) is 5.92 Å². The van der Waals surface area contributed by atoms with E-state index in [1.807, 2.05) is 20.8 Å². The number of anilines is 2. The van der Waals surface area contributed by atoms with Gasteiger partial charge in [0.25, 0.3) is 0 Å². The molecular weight excluding hydrogens is 242 g/mol. The van der Waals surface area contributed by atoms with E-state index >= 15 is 0 Å². The highest BCUT2D eigenvalue weighted by Gasteiger charge is 2.11. The lowest BCUT2D eigenvalue weighted by molar-refractivity contribution is -0.119. The molecule has 0 aliphatic carbocycles. The molecule has 0 fully saturated rings. The molecule has 19 heavy (non-hydrogen) atoms. The number of hydrogen-bond acceptors (Lipinski definition) is 3. The Morgan fingerprint density at radius 1 is 1.16 bits per heavy atom. The van der Waals surface area contributed by atoms with E-state index in [1.165, 1.54) is 0 Å². The van der Waals surface area contributed by atoms with E-state index in [0.29, 0.717) is 17.8 Å². The van der Waals surface area contributed by atoms with Gasteiger partial charge < -0.3 is 16.4 Å². The fourth-order valence-corrected chi connectivity index (χ4v) is 1.38. The van der Waals surface area contributed by atoms with Crippen LogP contribution in [-0.4, -0.2) is 17.9 Å². The second kappa shape index (κ2) is 6.89. The molecule has 0 aliphatic heterocycles. The van der Waals surface area contributed by atoms with Crippen molar-refractivity contribution in [3.63, 3.8) is 0 Å². The summed E-state index contributed by atoms with van der Waals surface area (Å²) >= 11 is 0. The molecule has 0 saturated heterocycles. The molecule has 0 saturated carbocycles. The summed E-state index contributed by atoms with van der Waals surface area (Å²) in [5.74, 6) is -0.379. The highest BCUT2D eigenvalue weighted by atomic mass is 16.2. The van der Waals surface area contributed by atoms with Crippen LogP contribution >= 0.6 is 0 Å². The van der Waals surface area contributed by atoms with Crippen molar-refractivity contribution in [2.24, 2.45) is 11.7 Å². The molecule has 5 heteroatoms. The lowest BCUT2D eigenvalue weighted by atomic mass is 10.2. The Bertz CT molecular complexity index is 458. The lowest BCUT2D eigenvalue weighted by Gasteiger charge is -2.12. The maximum absolute atomic E-state index is 11.7. The molecule has 0 unspecified atom stereocenters. The number of carbonyl (C=O) groups excluding carboxylic acids is 2. The second-order valence-corrected chi connectivity index (χ2v) is 4.73. The van der Waals surface area contributed by atoms with Gasteiger partial charge in [-0.25, -0.2) is 0 Å². The van der Waals surface area contributed by atoms with Gasteiger partial charge in [-0.15, -0.1) is 0 Å². The summed E-state index contributed by atoms with van der Waals surface area (Å²) < 4.78 is 0. The number of benzene rings is 1. The van der Waals surface area contributed by atoms with Crippen LogP contribution in [0.5, 0.6) is 0 Å². The first-order valence-corrected chi connectivity index (χ1v) is 6.41. The van der Waals surface area contributed by atoms with Gasteiger partial charge in [0.1, 0.15) is 0 Å². The summed E-state index contributed by atoms with van der Waals surface area (Å²) in [5.41, 5.74) is 6.92. The largest absolute Gasteiger partial charge is 0.326 e. The molecule has 0 bridgehead atoms. The molecule has 5 nitrogen and oxygen atoms in total. The summed E-state index contributed by atoms with van der Waals surface area (Å²) in [5, 5.41) is 5.50. The summed E-state index contributed by atoms with van der Waals surface area (Å²) in [4.78, 5) is 23.2. The predicted molar refractivity (Wildman–Crippen MR) is 76.8 cm³/mol. The van der Waals surface area contributed by atoms with Crippen molar-refractivity contribution in [1.82, 2.24) is 0 Å². The van der Waals surface area contributed by atoms with Crippen LogP contribution in [0.25, 0.3) is 0 Å². The molecule has 104 valence electrons. The minimum atomic E-state index is -0.520. The average Bonchev–Trinajstić information content (AvgIpc) is 2.37. The van der Waals surface area contributed by atoms with Gasteiger partial charge >= 0.3 is 0 Å². The Morgan fingerprint density at radius 2 is 1.68 bits per heavy atom. The average molecular weight is 263 g/mol. The van der Waals surface area contributed by atoms with Gasteiger partial charge in [-0.3, -0.25) is 9.59 Å². The van der Waals surface area contributed by atoms with E-state index in [-0.39, 0.29) is 17.7 Å². The Balaban J connectivity index is 2.72. The normalized spacial score (nSPS) is 12.1. The zero-order valence-electron chi connectivity index (χ0n) is 11.6. The zero-order chi connectivity index (χ0) is 14.4. The van der Waals surface area contributed by atoms with Gasteiger partial charge in [-0.2, -0.15) is 0 Å². The molecule has 0 aliphatic rings. The first kappa shape index (κ1) is 15.2. The monoisotopic (exact) mass is 263 g/mol. The van der Waals surface area contributed by atoms with Gasteiger partial charge in [0.05, 0.1) is 6.04 Å². The van der Waals surface area contributed by atoms with Crippen LogP contribution in [0.2, 0.25) is 0 Å². The fraction of sp³-hybridized carbons (Fsp3) is 0.429. The van der Waals surface area contributed by atoms with E-state index in [0.717, 1.165) is 0 Å². The summed E-state index contributed by atoms with van der Waals surface area (Å²) in [6.45, 7) is 5.49. The summed E-state index contributed by atoms with van der Waals surface area (Å²) in [6, 6.07) is 6.49. The van der Waals surface area contributed by atoms with E-state index in [9.17, 15) is 9.59 Å². The highest BCUT2D eigenvalue weighted by molar-refractivity contribution is 5.96. The number of hydrogen-bond donors (Lipinski definition) is 3. The van der Waals surface area contributed by atoms with E-state index < -0.39 is 6.04 Å². The maximum atomic E-state index is 11.7. The third kappa shape index (κ3) is 4.71. The third-order valence-electron chi connectivity index (χ3n) is 2.70. The minimum absolute atomic E-state index is 0.0614. The summed E-state index contributed by atoms with van der Waals surface area (Å²) in [7, 11) is 0. The highest BCUT2D eigenvalue weighted by Crippen LogP contribution is 2.16. The minimum Gasteiger partial charge on any atom is -0.326 e. The number of carbonyl (C=O) groups is 2. The zero-order valence-corrected chi connectivity index (χ0v) is 11.6. The van der Waals surface area contributed by atoms with Crippen molar-refractivity contribution < 1.29 is 9.59 Å². The number of amides is 2. The molecule has 0 heterocycles. The molecule has 1 aromatic carbocycles. The van der Waals surface area contributed by atoms with Gasteiger partial charge in [-0.1, -0.05) is 26.8 Å². The van der Waals surface area contributed by atoms with Gasteiger partial charge in [-0.05, 0) is 24.6 Å². The topological polar surface area (TPSA) is 84.2 Å². The Hall–Kier alpha value is -1.88. The van der Waals surface area contributed by atoms with Crippen LogP contribution in [0.15, 0.2) is 24.3 Å². The van der Waals surface area contributed by atoms with Crippen molar-refractivity contribution in [2.75, 3.05) is 10.6 Å². The van der Waals surface area contributed by atoms with E-state index in [1.54, 1.807) is 24.3 Å². The lowest BCUT2D eigenvalue weighted by Crippen LogP contribution is -2.34. The van der Waals surface area contributed by atoms with Gasteiger partial charge in [0, 0.05) is 17.3 Å². The SMILES string of the molecule is CC[C@@H](N)C(=O)Nc1cccc(NC(=O)C(C)C)c1. The van der Waals surface area contributed by atoms with Crippen molar-refractivity contribution in [3.05, 3.63) is 24.3 Å². The Kier molecular flexibility index (Phi) is 5.51. The maximum Gasteiger partial charge on any atom is 0.241 e. The first-order valence-electron chi connectivity index (χ1n) is 6.41. The van der Waals surface area contributed by atoms with Crippen molar-refractivity contribution in [2.45, 2.75) is 33.2 Å². The molecule has 4 N–H and O–H groups in total. The molecular formula is C14H21N3O2. The van der Waals surface area contributed by atoms with E-state index in [4.69, 9.17) is 5.73 Å². The fourth-order valence-electron chi connectivity index (χ4n) is 1.38. The van der Waals surface area contributed by atoms with Crippen LogP contribution in [0.3, 0.4) is 0 Å². The molecule has 0 spiro atoms.